The Balaban J connectivity index is 2.31. The van der Waals surface area contributed by atoms with Crippen LogP contribution in [-0.4, -0.2) is 16.0 Å². The summed E-state index contributed by atoms with van der Waals surface area (Å²) in [6.45, 7) is 2.19. The summed E-state index contributed by atoms with van der Waals surface area (Å²) >= 11 is 1.65. The summed E-state index contributed by atoms with van der Waals surface area (Å²) in [5.74, 6) is 1.32. The lowest BCUT2D eigenvalue weighted by Gasteiger charge is -2.04. The van der Waals surface area contributed by atoms with Gasteiger partial charge in [0.05, 0.1) is 0 Å². The van der Waals surface area contributed by atoms with Gasteiger partial charge in [0.2, 0.25) is 0 Å². The molecule has 0 aliphatic heterocycles. The molecule has 0 aliphatic carbocycles. The van der Waals surface area contributed by atoms with E-state index < -0.39 is 0 Å². The topological polar surface area (TPSA) is 40.5 Å². The largest absolute Gasteiger partial charge is 0.508 e. The first-order chi connectivity index (χ1) is 7.24. The van der Waals surface area contributed by atoms with E-state index >= 15 is 0 Å². The first-order valence-corrected chi connectivity index (χ1v) is 6.37. The minimum Gasteiger partial charge on any atom is -0.508 e. The van der Waals surface area contributed by atoms with Crippen molar-refractivity contribution in [3.05, 3.63) is 18.2 Å². The Morgan fingerprint density at radius 1 is 1.13 bits per heavy atom. The maximum absolute atomic E-state index is 9.51. The normalized spacial score (nSPS) is 10.5. The van der Waals surface area contributed by atoms with Gasteiger partial charge >= 0.3 is 0 Å². The van der Waals surface area contributed by atoms with Gasteiger partial charge in [0.15, 0.2) is 0 Å². The molecular formula is C12H18O2S. The molecule has 1 aromatic carbocycles. The second kappa shape index (κ2) is 6.62. The van der Waals surface area contributed by atoms with Crippen LogP contribution in [-0.2, 0) is 0 Å². The van der Waals surface area contributed by atoms with Crippen molar-refractivity contribution >= 4 is 11.8 Å². The number of hydrogen-bond acceptors (Lipinski definition) is 3. The van der Waals surface area contributed by atoms with Crippen LogP contribution in [0.25, 0.3) is 0 Å². The summed E-state index contributed by atoms with van der Waals surface area (Å²) in [6.07, 6.45) is 4.96. The van der Waals surface area contributed by atoms with E-state index in [1.54, 1.807) is 23.9 Å². The molecule has 0 atom stereocenters. The summed E-state index contributed by atoms with van der Waals surface area (Å²) in [4.78, 5) is 0.851. The highest BCUT2D eigenvalue weighted by atomic mass is 32.2. The number of rotatable bonds is 6. The summed E-state index contributed by atoms with van der Waals surface area (Å²) < 4.78 is 0. The SMILES string of the molecule is CCCCCCSc1ccc(O)cc1O. The molecule has 1 aromatic rings. The highest BCUT2D eigenvalue weighted by molar-refractivity contribution is 7.99. The smallest absolute Gasteiger partial charge is 0.132 e. The summed E-state index contributed by atoms with van der Waals surface area (Å²) in [5.41, 5.74) is 0. The van der Waals surface area contributed by atoms with Crippen molar-refractivity contribution in [2.75, 3.05) is 5.75 Å². The third kappa shape index (κ3) is 4.47. The summed E-state index contributed by atoms with van der Waals surface area (Å²) in [7, 11) is 0. The molecule has 3 heteroatoms. The van der Waals surface area contributed by atoms with Gasteiger partial charge in [0, 0.05) is 11.0 Å². The molecule has 0 amide bonds. The lowest BCUT2D eigenvalue weighted by atomic mass is 10.2. The molecule has 0 bridgehead atoms. The van der Waals surface area contributed by atoms with E-state index in [0.717, 1.165) is 10.6 Å². The Bertz CT molecular complexity index is 300. The Hall–Kier alpha value is -0.830. The highest BCUT2D eigenvalue weighted by Crippen LogP contribution is 2.31. The molecule has 1 rings (SSSR count). The van der Waals surface area contributed by atoms with Gasteiger partial charge in [-0.05, 0) is 24.3 Å². The van der Waals surface area contributed by atoms with Crippen LogP contribution in [0.5, 0.6) is 11.5 Å². The molecule has 0 saturated carbocycles. The fraction of sp³-hybridized carbons (Fsp3) is 0.500. The fourth-order valence-corrected chi connectivity index (χ4v) is 2.28. The molecule has 15 heavy (non-hydrogen) atoms. The zero-order valence-electron chi connectivity index (χ0n) is 9.07. The van der Waals surface area contributed by atoms with Crippen LogP contribution in [0.15, 0.2) is 23.1 Å². The standard InChI is InChI=1S/C12H18O2S/c1-2-3-4-5-8-15-12-7-6-10(13)9-11(12)14/h6-7,9,13-14H,2-5,8H2,1H3. The van der Waals surface area contributed by atoms with E-state index in [1.165, 1.54) is 31.7 Å². The van der Waals surface area contributed by atoms with Gasteiger partial charge in [-0.3, -0.25) is 0 Å². The first kappa shape index (κ1) is 12.2. The number of benzene rings is 1. The van der Waals surface area contributed by atoms with Gasteiger partial charge in [-0.15, -0.1) is 11.8 Å². The number of hydrogen-bond donors (Lipinski definition) is 2. The Kier molecular flexibility index (Phi) is 5.40. The highest BCUT2D eigenvalue weighted by Gasteiger charge is 2.02. The quantitative estimate of drug-likeness (QED) is 0.573. The van der Waals surface area contributed by atoms with Crippen molar-refractivity contribution in [3.8, 4) is 11.5 Å². The number of unbranched alkanes of at least 4 members (excludes halogenated alkanes) is 3. The van der Waals surface area contributed by atoms with Gasteiger partial charge in [0.1, 0.15) is 11.5 Å². The Morgan fingerprint density at radius 2 is 1.93 bits per heavy atom. The van der Waals surface area contributed by atoms with Crippen LogP contribution < -0.4 is 0 Å². The molecular weight excluding hydrogens is 208 g/mol. The molecule has 0 fully saturated rings. The van der Waals surface area contributed by atoms with Crippen LogP contribution in [0.1, 0.15) is 32.6 Å². The third-order valence-electron chi connectivity index (χ3n) is 2.20. The average molecular weight is 226 g/mol. The van der Waals surface area contributed by atoms with Crippen LogP contribution in [0.2, 0.25) is 0 Å². The molecule has 84 valence electrons. The van der Waals surface area contributed by atoms with Crippen LogP contribution >= 0.6 is 11.8 Å². The van der Waals surface area contributed by atoms with Crippen molar-refractivity contribution in [2.24, 2.45) is 0 Å². The maximum Gasteiger partial charge on any atom is 0.132 e. The number of aromatic hydroxyl groups is 2. The molecule has 0 saturated heterocycles. The zero-order valence-corrected chi connectivity index (χ0v) is 9.89. The average Bonchev–Trinajstić information content (AvgIpc) is 2.20. The lowest BCUT2D eigenvalue weighted by molar-refractivity contribution is 0.442. The van der Waals surface area contributed by atoms with E-state index in [2.05, 4.69) is 6.92 Å². The van der Waals surface area contributed by atoms with E-state index in [0.29, 0.717) is 0 Å². The zero-order chi connectivity index (χ0) is 11.1. The van der Waals surface area contributed by atoms with Gasteiger partial charge in [-0.2, -0.15) is 0 Å². The van der Waals surface area contributed by atoms with Crippen LogP contribution in [0, 0.1) is 0 Å². The lowest BCUT2D eigenvalue weighted by Crippen LogP contribution is -1.81. The molecule has 2 N–H and O–H groups in total. The van der Waals surface area contributed by atoms with Crippen molar-refractivity contribution in [1.82, 2.24) is 0 Å². The van der Waals surface area contributed by atoms with E-state index in [-0.39, 0.29) is 11.5 Å². The predicted octanol–water partition coefficient (Wildman–Crippen LogP) is 3.77. The fourth-order valence-electron chi connectivity index (χ4n) is 1.34. The van der Waals surface area contributed by atoms with Crippen LogP contribution in [0.3, 0.4) is 0 Å². The van der Waals surface area contributed by atoms with E-state index in [1.807, 2.05) is 0 Å². The van der Waals surface area contributed by atoms with Crippen molar-refractivity contribution in [1.29, 1.82) is 0 Å². The molecule has 0 aliphatic rings. The number of phenolic OH excluding ortho intramolecular Hbond substituents is 2. The molecule has 0 aromatic heterocycles. The van der Waals surface area contributed by atoms with Gasteiger partial charge < -0.3 is 10.2 Å². The van der Waals surface area contributed by atoms with Crippen molar-refractivity contribution in [2.45, 2.75) is 37.5 Å². The van der Waals surface area contributed by atoms with Gasteiger partial charge in [-0.25, -0.2) is 0 Å². The second-order valence-corrected chi connectivity index (χ2v) is 4.70. The first-order valence-electron chi connectivity index (χ1n) is 5.39. The monoisotopic (exact) mass is 226 g/mol. The number of thioether (sulfide) groups is 1. The molecule has 2 nitrogen and oxygen atoms in total. The minimum absolute atomic E-state index is 0.114. The maximum atomic E-state index is 9.51. The molecule has 0 heterocycles. The molecule has 0 radical (unpaired) electrons. The second-order valence-electron chi connectivity index (χ2n) is 3.56. The Morgan fingerprint density at radius 3 is 2.60 bits per heavy atom. The van der Waals surface area contributed by atoms with Crippen LogP contribution in [0.4, 0.5) is 0 Å². The third-order valence-corrected chi connectivity index (χ3v) is 3.35. The Labute approximate surface area is 95.3 Å². The van der Waals surface area contributed by atoms with Gasteiger partial charge in [0.25, 0.3) is 0 Å². The van der Waals surface area contributed by atoms with E-state index in [4.69, 9.17) is 5.11 Å². The predicted molar refractivity (Wildman–Crippen MR) is 64.6 cm³/mol. The van der Waals surface area contributed by atoms with E-state index in [9.17, 15) is 5.11 Å². The minimum atomic E-state index is 0.114. The summed E-state index contributed by atoms with van der Waals surface area (Å²) in [5, 5.41) is 18.6. The van der Waals surface area contributed by atoms with Crippen molar-refractivity contribution in [3.63, 3.8) is 0 Å². The number of phenols is 2. The molecule has 0 unspecified atom stereocenters. The van der Waals surface area contributed by atoms with Crippen molar-refractivity contribution < 1.29 is 10.2 Å². The molecule has 0 spiro atoms. The van der Waals surface area contributed by atoms with Gasteiger partial charge in [-0.1, -0.05) is 26.2 Å². The summed E-state index contributed by atoms with van der Waals surface area (Å²) in [6, 6.07) is 4.75.